The van der Waals surface area contributed by atoms with Crippen molar-refractivity contribution in [1.82, 2.24) is 25.1 Å². The summed E-state index contributed by atoms with van der Waals surface area (Å²) in [6, 6.07) is 4.46. The minimum atomic E-state index is -1.53. The van der Waals surface area contributed by atoms with E-state index in [9.17, 15) is 24.3 Å². The number of hydrogen-bond acceptors (Lipinski definition) is 13. The van der Waals surface area contributed by atoms with Gasteiger partial charge in [0, 0.05) is 23.9 Å². The Bertz CT molecular complexity index is 1790. The van der Waals surface area contributed by atoms with Crippen LogP contribution in [0.15, 0.2) is 40.8 Å². The predicted octanol–water partition coefficient (Wildman–Crippen LogP) is -0.889. The predicted molar refractivity (Wildman–Crippen MR) is 168 cm³/mol. The Labute approximate surface area is 275 Å². The first-order chi connectivity index (χ1) is 21.9. The standard InChI is InChI=1S/C27H30ClN9O7S2/c1-12(25(40)41)44-34-18(17-21(28)46-27(30)33-17)22(38)32-19-23(39)37-20(26(42)43)13(11-45-24(19)37)10-35-7-3-5-14-15(35)9-16(29)36(14)8-4-6-31-2/h3,5,7,9,12,19,24,29,31H,4,6,8,10-11H2,1-2H3,(H5,30,32,33,38,40,41,42,43)/b34-18-/t12-,19+,24+/m0/s1. The van der Waals surface area contributed by atoms with Gasteiger partial charge in [0.25, 0.3) is 11.8 Å². The number of aryl methyl sites for hydroxylation is 1. The first kappa shape index (κ1) is 33.0. The number of amides is 2. The molecule has 1 saturated heterocycles. The van der Waals surface area contributed by atoms with Crippen molar-refractivity contribution in [2.45, 2.75) is 44.0 Å². The molecule has 3 atom stereocenters. The fourth-order valence-electron chi connectivity index (χ4n) is 5.14. The second-order valence-corrected chi connectivity index (χ2v) is 13.1. The van der Waals surface area contributed by atoms with Gasteiger partial charge in [-0.1, -0.05) is 28.1 Å². The van der Waals surface area contributed by atoms with E-state index in [4.69, 9.17) is 33.0 Å². The number of aliphatic carboxylic acids is 2. The summed E-state index contributed by atoms with van der Waals surface area (Å²) in [4.78, 5) is 60.3. The molecule has 7 N–H and O–H groups in total. The lowest BCUT2D eigenvalue weighted by molar-refractivity contribution is -0.663. The topological polar surface area (TPSA) is 234 Å². The van der Waals surface area contributed by atoms with Gasteiger partial charge in [-0.3, -0.25) is 14.5 Å². The zero-order valence-electron chi connectivity index (χ0n) is 24.6. The number of fused-ring (bicyclic) bond motifs is 2. The van der Waals surface area contributed by atoms with Gasteiger partial charge in [0.2, 0.25) is 11.6 Å². The number of pyridine rings is 1. The van der Waals surface area contributed by atoms with Crippen LogP contribution in [0, 0.1) is 0 Å². The maximum Gasteiger partial charge on any atom is 0.347 e. The Morgan fingerprint density at radius 1 is 1.37 bits per heavy atom. The van der Waals surface area contributed by atoms with Gasteiger partial charge in [-0.15, -0.1) is 11.8 Å². The van der Waals surface area contributed by atoms with Crippen LogP contribution < -0.4 is 31.8 Å². The number of carbonyl (C=O) groups excluding carboxylic acids is 3. The Hall–Kier alpha value is -4.39. The molecular formula is C27H30ClN9O7S2. The molecule has 46 heavy (non-hydrogen) atoms. The van der Waals surface area contributed by atoms with Gasteiger partial charge in [-0.05, 0) is 33.0 Å². The van der Waals surface area contributed by atoms with Crippen LogP contribution in [0.3, 0.4) is 0 Å². The molecule has 0 bridgehead atoms. The minimum absolute atomic E-state index is 0.0124. The Morgan fingerprint density at radius 2 is 2.13 bits per heavy atom. The number of hydrogen-bond donors (Lipinski definition) is 5. The molecule has 0 saturated carbocycles. The fraction of sp³-hybridized carbons (Fsp3) is 0.370. The van der Waals surface area contributed by atoms with E-state index in [1.807, 2.05) is 40.6 Å². The van der Waals surface area contributed by atoms with Crippen molar-refractivity contribution < 1.29 is 38.8 Å². The van der Waals surface area contributed by atoms with Gasteiger partial charge in [0.05, 0.1) is 17.7 Å². The normalized spacial score (nSPS) is 18.7. The average molecular weight is 692 g/mol. The second-order valence-electron chi connectivity index (χ2n) is 10.4. The number of nitrogens with one attached hydrogen (secondary N) is 2. The molecule has 0 radical (unpaired) electrons. The number of carbonyl (C=O) groups is 4. The van der Waals surface area contributed by atoms with Crippen molar-refractivity contribution in [3.63, 3.8) is 0 Å². The van der Waals surface area contributed by atoms with Crippen molar-refractivity contribution in [3.05, 3.63) is 45.7 Å². The SMILES string of the molecule is CNCCCn1c(N)cc2c1ccc[n+]2CC1=C(C(=O)[O-])N2C(=O)[C@@H](NC(=O)/C(=N\O[C@@H](C)C(=O)O)c3nc(N)sc3Cl)[C@H]2SC1. The molecule has 2 amide bonds. The molecule has 0 aromatic carbocycles. The van der Waals surface area contributed by atoms with Crippen molar-refractivity contribution in [3.8, 4) is 0 Å². The van der Waals surface area contributed by atoms with E-state index in [0.29, 0.717) is 17.9 Å². The summed E-state index contributed by atoms with van der Waals surface area (Å²) in [6.07, 6.45) is 1.25. The van der Waals surface area contributed by atoms with Gasteiger partial charge in [-0.2, -0.15) is 4.57 Å². The van der Waals surface area contributed by atoms with E-state index in [1.165, 1.54) is 18.7 Å². The lowest BCUT2D eigenvalue weighted by Gasteiger charge is -2.50. The summed E-state index contributed by atoms with van der Waals surface area (Å²) in [5.74, 6) is -3.71. The molecule has 1 fully saturated rings. The van der Waals surface area contributed by atoms with Crippen molar-refractivity contribution in [1.29, 1.82) is 0 Å². The highest BCUT2D eigenvalue weighted by Gasteiger charge is 2.53. The fourth-order valence-corrected chi connectivity index (χ4v) is 7.40. The number of carboxylic acids is 2. The number of β-lactam (4-membered cyclic amide) rings is 1. The highest BCUT2D eigenvalue weighted by molar-refractivity contribution is 8.00. The zero-order valence-corrected chi connectivity index (χ0v) is 26.9. The monoisotopic (exact) mass is 691 g/mol. The molecular weight excluding hydrogens is 662 g/mol. The number of halogens is 1. The quantitative estimate of drug-likeness (QED) is 0.0483. The highest BCUT2D eigenvalue weighted by atomic mass is 35.5. The van der Waals surface area contributed by atoms with Crippen LogP contribution in [0.4, 0.5) is 10.9 Å². The molecule has 0 spiro atoms. The highest BCUT2D eigenvalue weighted by Crippen LogP contribution is 2.40. The molecule has 16 nitrogen and oxygen atoms in total. The third-order valence-electron chi connectivity index (χ3n) is 7.37. The molecule has 0 unspecified atom stereocenters. The van der Waals surface area contributed by atoms with Crippen LogP contribution in [0.5, 0.6) is 0 Å². The minimum Gasteiger partial charge on any atom is -0.543 e. The first-order valence-electron chi connectivity index (χ1n) is 13.9. The molecule has 3 aromatic heterocycles. The van der Waals surface area contributed by atoms with Crippen LogP contribution >= 0.6 is 34.7 Å². The Kier molecular flexibility index (Phi) is 9.71. The van der Waals surface area contributed by atoms with Gasteiger partial charge >= 0.3 is 5.97 Å². The Morgan fingerprint density at radius 3 is 2.78 bits per heavy atom. The maximum atomic E-state index is 13.3. The molecule has 2 aliphatic rings. The number of nitrogen functional groups attached to an aromatic ring is 2. The summed E-state index contributed by atoms with van der Waals surface area (Å²) in [6.45, 7) is 2.86. The number of nitrogens with two attached hydrogens (primary N) is 2. The van der Waals surface area contributed by atoms with Crippen molar-refractivity contribution in [2.75, 3.05) is 30.8 Å². The summed E-state index contributed by atoms with van der Waals surface area (Å²) in [5, 5.41) is 30.1. The number of thioether (sulfide) groups is 1. The summed E-state index contributed by atoms with van der Waals surface area (Å²) in [5.41, 5.74) is 13.2. The smallest absolute Gasteiger partial charge is 0.347 e. The third kappa shape index (κ3) is 6.33. The Balaban J connectivity index is 1.38. The van der Waals surface area contributed by atoms with Gasteiger partial charge in [0.1, 0.15) is 32.8 Å². The molecule has 19 heteroatoms. The lowest BCUT2D eigenvalue weighted by atomic mass is 10.0. The number of oxime groups is 1. The number of anilines is 2. The molecule has 5 rings (SSSR count). The molecule has 0 aliphatic carbocycles. The average Bonchev–Trinajstić information content (AvgIpc) is 3.52. The van der Waals surface area contributed by atoms with E-state index >= 15 is 0 Å². The van der Waals surface area contributed by atoms with Crippen LogP contribution in [0.25, 0.3) is 11.0 Å². The zero-order chi connectivity index (χ0) is 33.3. The van der Waals surface area contributed by atoms with Crippen LogP contribution in [0.2, 0.25) is 4.34 Å². The van der Waals surface area contributed by atoms with Gasteiger partial charge < -0.3 is 46.5 Å². The first-order valence-corrected chi connectivity index (χ1v) is 16.2. The summed E-state index contributed by atoms with van der Waals surface area (Å²) >= 11 is 8.29. The van der Waals surface area contributed by atoms with Gasteiger partial charge in [0.15, 0.2) is 23.6 Å². The van der Waals surface area contributed by atoms with Crippen molar-refractivity contribution in [2.24, 2.45) is 5.16 Å². The number of aromatic nitrogens is 3. The molecule has 2 aliphatic heterocycles. The van der Waals surface area contributed by atoms with E-state index in [1.54, 1.807) is 0 Å². The number of nitrogens with zero attached hydrogens (tertiary/aromatic N) is 5. The number of thiazole rings is 1. The van der Waals surface area contributed by atoms with E-state index < -0.39 is 47.0 Å². The van der Waals surface area contributed by atoms with E-state index in [-0.39, 0.29) is 33.2 Å². The van der Waals surface area contributed by atoms with Crippen LogP contribution in [-0.4, -0.2) is 85.9 Å². The maximum absolute atomic E-state index is 13.3. The number of carboxylic acid groups (broad SMARTS) is 2. The van der Waals surface area contributed by atoms with E-state index in [0.717, 1.165) is 40.2 Å². The molecule has 244 valence electrons. The molecule has 3 aromatic rings. The van der Waals surface area contributed by atoms with Crippen LogP contribution in [0.1, 0.15) is 19.0 Å². The largest absolute Gasteiger partial charge is 0.543 e. The van der Waals surface area contributed by atoms with Crippen LogP contribution in [-0.2, 0) is 37.1 Å². The van der Waals surface area contributed by atoms with Gasteiger partial charge in [-0.25, -0.2) is 9.78 Å². The molecule has 5 heterocycles. The lowest BCUT2D eigenvalue weighted by Crippen LogP contribution is -2.71. The summed E-state index contributed by atoms with van der Waals surface area (Å²) in [7, 11) is 1.88. The third-order valence-corrected chi connectivity index (χ3v) is 9.79. The number of rotatable bonds is 13. The second kappa shape index (κ2) is 13.5. The summed E-state index contributed by atoms with van der Waals surface area (Å²) < 4.78 is 3.85. The van der Waals surface area contributed by atoms with Crippen molar-refractivity contribution >= 4 is 86.1 Å². The van der Waals surface area contributed by atoms with E-state index in [2.05, 4.69) is 20.8 Å².